The second-order valence-electron chi connectivity index (χ2n) is 7.74. The Hall–Kier alpha value is -1.96. The molecule has 1 atom stereocenters. The lowest BCUT2D eigenvalue weighted by molar-refractivity contribution is 0.0978. The average molecular weight is 399 g/mol. The Labute approximate surface area is 169 Å². The number of aromatic nitrogens is 3. The third-order valence-electron chi connectivity index (χ3n) is 5.78. The fraction of sp³-hybridized carbons (Fsp3) is 0.524. The predicted octanol–water partition coefficient (Wildman–Crippen LogP) is 3.81. The molecule has 0 amide bonds. The van der Waals surface area contributed by atoms with Crippen LogP contribution in [0.5, 0.6) is 5.75 Å². The Morgan fingerprint density at radius 2 is 2.07 bits per heavy atom. The number of piperidine rings is 1. The van der Waals surface area contributed by atoms with Crippen LogP contribution in [-0.4, -0.2) is 52.1 Å². The van der Waals surface area contributed by atoms with Crippen molar-refractivity contribution in [3.8, 4) is 5.75 Å². The molecule has 0 saturated carbocycles. The number of hydrogen-bond donors (Lipinski definition) is 0. The summed E-state index contributed by atoms with van der Waals surface area (Å²) in [4.78, 5) is 2.46. The molecule has 0 aliphatic carbocycles. The van der Waals surface area contributed by atoms with Crippen molar-refractivity contribution in [1.29, 1.82) is 0 Å². The molecule has 2 aliphatic rings. The minimum atomic E-state index is 0.274. The van der Waals surface area contributed by atoms with Gasteiger partial charge in [-0.1, -0.05) is 6.07 Å². The zero-order valence-corrected chi connectivity index (χ0v) is 17.0. The van der Waals surface area contributed by atoms with Crippen molar-refractivity contribution in [2.24, 2.45) is 0 Å². The van der Waals surface area contributed by atoms with Crippen molar-refractivity contribution in [2.75, 3.05) is 26.3 Å². The second-order valence-corrected chi connectivity index (χ2v) is 9.00. The lowest BCUT2D eigenvalue weighted by Crippen LogP contribution is -2.37. The Kier molecular flexibility index (Phi) is 5.05. The minimum absolute atomic E-state index is 0.274. The van der Waals surface area contributed by atoms with E-state index in [9.17, 15) is 0 Å². The van der Waals surface area contributed by atoms with Crippen LogP contribution in [0.3, 0.4) is 0 Å². The molecule has 7 heteroatoms. The summed E-state index contributed by atoms with van der Waals surface area (Å²) in [6, 6.07) is 9.04. The van der Waals surface area contributed by atoms with Crippen LogP contribution in [0.1, 0.15) is 35.3 Å². The molecule has 6 nitrogen and oxygen atoms in total. The van der Waals surface area contributed by atoms with Gasteiger partial charge >= 0.3 is 0 Å². The third kappa shape index (κ3) is 3.66. The van der Waals surface area contributed by atoms with E-state index in [2.05, 4.69) is 50.1 Å². The van der Waals surface area contributed by atoms with Crippen molar-refractivity contribution in [3.05, 3.63) is 40.5 Å². The van der Waals surface area contributed by atoms with E-state index in [-0.39, 0.29) is 6.10 Å². The molecule has 2 fully saturated rings. The molecule has 2 aliphatic heterocycles. The van der Waals surface area contributed by atoms with E-state index < -0.39 is 0 Å². The summed E-state index contributed by atoms with van der Waals surface area (Å²) in [6.07, 6.45) is 5.64. The fourth-order valence-electron chi connectivity index (χ4n) is 4.28. The molecule has 28 heavy (non-hydrogen) atoms. The van der Waals surface area contributed by atoms with Gasteiger partial charge in [-0.2, -0.15) is 0 Å². The maximum Gasteiger partial charge on any atom is 0.131 e. The Morgan fingerprint density at radius 3 is 2.82 bits per heavy atom. The van der Waals surface area contributed by atoms with Crippen LogP contribution in [0.25, 0.3) is 10.9 Å². The number of rotatable bonds is 5. The van der Waals surface area contributed by atoms with Crippen LogP contribution in [0.2, 0.25) is 0 Å². The van der Waals surface area contributed by atoms with Crippen molar-refractivity contribution >= 4 is 22.2 Å². The smallest absolute Gasteiger partial charge is 0.131 e. The van der Waals surface area contributed by atoms with E-state index in [0.717, 1.165) is 67.9 Å². The van der Waals surface area contributed by atoms with Crippen LogP contribution < -0.4 is 4.74 Å². The molecule has 148 valence electrons. The number of likely N-dealkylation sites (tertiary alicyclic amines) is 1. The van der Waals surface area contributed by atoms with Crippen molar-refractivity contribution in [1.82, 2.24) is 19.7 Å². The third-order valence-corrected chi connectivity index (χ3v) is 6.60. The average Bonchev–Trinajstić information content (AvgIpc) is 3.44. The molecule has 1 aromatic carbocycles. The van der Waals surface area contributed by atoms with E-state index in [1.165, 1.54) is 10.9 Å². The first-order valence-corrected chi connectivity index (χ1v) is 10.9. The van der Waals surface area contributed by atoms with Gasteiger partial charge < -0.3 is 14.0 Å². The predicted molar refractivity (Wildman–Crippen MR) is 110 cm³/mol. The first kappa shape index (κ1) is 18.1. The number of aryl methyl sites for hydroxylation is 1. The Bertz CT molecular complexity index is 939. The van der Waals surface area contributed by atoms with Crippen molar-refractivity contribution in [2.45, 2.75) is 44.9 Å². The fourth-order valence-corrected chi connectivity index (χ4v) is 5.03. The molecule has 0 spiro atoms. The molecule has 0 N–H and O–H groups in total. The van der Waals surface area contributed by atoms with Gasteiger partial charge in [0.05, 0.1) is 24.7 Å². The molecular weight excluding hydrogens is 372 g/mol. The number of ether oxygens (including phenoxy) is 2. The first-order chi connectivity index (χ1) is 13.8. The van der Waals surface area contributed by atoms with Gasteiger partial charge in [0.25, 0.3) is 0 Å². The molecule has 0 bridgehead atoms. The van der Waals surface area contributed by atoms with Gasteiger partial charge in [-0.05, 0) is 44.4 Å². The van der Waals surface area contributed by atoms with Gasteiger partial charge in [-0.25, -0.2) is 0 Å². The van der Waals surface area contributed by atoms with Gasteiger partial charge in [0.1, 0.15) is 21.9 Å². The van der Waals surface area contributed by atoms with Crippen molar-refractivity contribution in [3.63, 3.8) is 0 Å². The SMILES string of the molecule is Cc1nnc(CN2CCC(Oc3cccc4c3ccn4C3CCOC3)CC2)s1. The topological polar surface area (TPSA) is 52.4 Å². The molecule has 5 rings (SSSR count). The Morgan fingerprint density at radius 1 is 1.18 bits per heavy atom. The second kappa shape index (κ2) is 7.81. The Balaban J connectivity index is 1.24. The molecular formula is C21H26N4O2S. The molecule has 4 heterocycles. The van der Waals surface area contributed by atoms with Crippen LogP contribution >= 0.6 is 11.3 Å². The van der Waals surface area contributed by atoms with Crippen LogP contribution in [0.4, 0.5) is 0 Å². The number of hydrogen-bond acceptors (Lipinski definition) is 6. The highest BCUT2D eigenvalue weighted by molar-refractivity contribution is 7.11. The van der Waals surface area contributed by atoms with E-state index in [4.69, 9.17) is 9.47 Å². The quantitative estimate of drug-likeness (QED) is 0.654. The highest BCUT2D eigenvalue weighted by Gasteiger charge is 2.23. The summed E-state index contributed by atoms with van der Waals surface area (Å²) in [5.41, 5.74) is 1.25. The highest BCUT2D eigenvalue weighted by atomic mass is 32.1. The number of fused-ring (bicyclic) bond motifs is 1. The van der Waals surface area contributed by atoms with Gasteiger partial charge in [0, 0.05) is 31.3 Å². The number of benzene rings is 1. The lowest BCUT2D eigenvalue weighted by Gasteiger charge is -2.31. The van der Waals surface area contributed by atoms with Gasteiger partial charge in [0.2, 0.25) is 0 Å². The van der Waals surface area contributed by atoms with Gasteiger partial charge in [-0.3, -0.25) is 4.90 Å². The summed E-state index contributed by atoms with van der Waals surface area (Å²) in [5.74, 6) is 1.01. The summed E-state index contributed by atoms with van der Waals surface area (Å²) in [7, 11) is 0. The van der Waals surface area contributed by atoms with Gasteiger partial charge in [-0.15, -0.1) is 21.5 Å². The largest absolute Gasteiger partial charge is 0.490 e. The number of nitrogens with zero attached hydrogens (tertiary/aromatic N) is 4. The monoisotopic (exact) mass is 398 g/mol. The lowest BCUT2D eigenvalue weighted by atomic mass is 10.1. The maximum absolute atomic E-state index is 6.45. The van der Waals surface area contributed by atoms with E-state index >= 15 is 0 Å². The normalized spacial score (nSPS) is 21.5. The van der Waals surface area contributed by atoms with Crippen LogP contribution in [-0.2, 0) is 11.3 Å². The van der Waals surface area contributed by atoms with Crippen LogP contribution in [0, 0.1) is 6.92 Å². The first-order valence-electron chi connectivity index (χ1n) is 10.1. The molecule has 2 aromatic heterocycles. The summed E-state index contributed by atoms with van der Waals surface area (Å²) >= 11 is 1.69. The summed E-state index contributed by atoms with van der Waals surface area (Å²) < 4.78 is 14.4. The zero-order valence-electron chi connectivity index (χ0n) is 16.2. The summed E-state index contributed by atoms with van der Waals surface area (Å²) in [5, 5.41) is 11.7. The van der Waals surface area contributed by atoms with E-state index in [0.29, 0.717) is 6.04 Å². The maximum atomic E-state index is 6.45. The van der Waals surface area contributed by atoms with E-state index in [1.807, 2.05) is 6.92 Å². The van der Waals surface area contributed by atoms with Gasteiger partial charge in [0.15, 0.2) is 0 Å². The highest BCUT2D eigenvalue weighted by Crippen LogP contribution is 2.32. The molecule has 3 aromatic rings. The molecule has 1 unspecified atom stereocenters. The standard InChI is InChI=1S/C21H26N4O2S/c1-15-22-23-21(28-15)13-24-9-5-17(6-10-24)27-20-4-2-3-19-18(20)7-11-25(19)16-8-12-26-14-16/h2-4,7,11,16-17H,5-6,8-10,12-14H2,1H3. The summed E-state index contributed by atoms with van der Waals surface area (Å²) in [6.45, 7) is 6.66. The van der Waals surface area contributed by atoms with Crippen molar-refractivity contribution < 1.29 is 9.47 Å². The van der Waals surface area contributed by atoms with E-state index in [1.54, 1.807) is 11.3 Å². The molecule has 2 saturated heterocycles. The molecule has 0 radical (unpaired) electrons. The van der Waals surface area contributed by atoms with Crippen LogP contribution in [0.15, 0.2) is 30.5 Å². The minimum Gasteiger partial charge on any atom is -0.490 e. The zero-order chi connectivity index (χ0) is 18.9.